The van der Waals surface area contributed by atoms with Gasteiger partial charge < -0.3 is 10.2 Å². The number of benzene rings is 1. The van der Waals surface area contributed by atoms with Gasteiger partial charge in [0.05, 0.1) is 23.6 Å². The predicted molar refractivity (Wildman–Crippen MR) is 92.1 cm³/mol. The molecule has 1 fully saturated rings. The zero-order chi connectivity index (χ0) is 17.4. The second-order valence-electron chi connectivity index (χ2n) is 6.10. The third-order valence-electron chi connectivity index (χ3n) is 4.26. The van der Waals surface area contributed by atoms with E-state index in [1.807, 2.05) is 0 Å². The van der Waals surface area contributed by atoms with Gasteiger partial charge in [0.2, 0.25) is 0 Å². The minimum Gasteiger partial charge on any atom is -0.355 e. The second-order valence-corrected chi connectivity index (χ2v) is 6.10. The molecule has 1 aliphatic rings. The Hall–Kier alpha value is -3.03. The molecule has 1 aliphatic heterocycles. The number of carbonyl (C=O) groups is 1. The SMILES string of the molecule is Cn1cc2cc(NC(=O)c3cnc(N4CCCC4)cn3)c(F)cc2n1. The quantitative estimate of drug-likeness (QED) is 0.792. The molecule has 7 nitrogen and oxygen atoms in total. The number of nitrogens with zero attached hydrogens (tertiary/aromatic N) is 5. The minimum atomic E-state index is -0.541. The fourth-order valence-corrected chi connectivity index (χ4v) is 3.00. The maximum atomic E-state index is 14.2. The van der Waals surface area contributed by atoms with Crippen LogP contribution in [0.2, 0.25) is 0 Å². The van der Waals surface area contributed by atoms with Crippen molar-refractivity contribution in [2.24, 2.45) is 7.05 Å². The molecular weight excluding hydrogens is 323 g/mol. The lowest BCUT2D eigenvalue weighted by molar-refractivity contribution is 0.102. The normalized spacial score (nSPS) is 14.2. The highest BCUT2D eigenvalue weighted by molar-refractivity contribution is 6.03. The number of amides is 1. The molecule has 1 aromatic carbocycles. The molecule has 3 aromatic rings. The molecule has 1 N–H and O–H groups in total. The van der Waals surface area contributed by atoms with Crippen LogP contribution in [0.15, 0.2) is 30.7 Å². The summed E-state index contributed by atoms with van der Waals surface area (Å²) in [4.78, 5) is 22.9. The molecule has 0 spiro atoms. The van der Waals surface area contributed by atoms with E-state index in [0.29, 0.717) is 5.52 Å². The van der Waals surface area contributed by atoms with Crippen molar-refractivity contribution in [3.63, 3.8) is 0 Å². The third-order valence-corrected chi connectivity index (χ3v) is 4.26. The van der Waals surface area contributed by atoms with Gasteiger partial charge in [0.25, 0.3) is 5.91 Å². The molecule has 0 saturated carbocycles. The maximum Gasteiger partial charge on any atom is 0.275 e. The first-order valence-corrected chi connectivity index (χ1v) is 8.11. The number of nitrogens with one attached hydrogen (secondary N) is 1. The van der Waals surface area contributed by atoms with Gasteiger partial charge in [-0.25, -0.2) is 14.4 Å². The Morgan fingerprint density at radius 2 is 2.00 bits per heavy atom. The van der Waals surface area contributed by atoms with Crippen LogP contribution in [0, 0.1) is 5.82 Å². The third kappa shape index (κ3) is 3.02. The van der Waals surface area contributed by atoms with Gasteiger partial charge in [-0.1, -0.05) is 0 Å². The van der Waals surface area contributed by atoms with Crippen molar-refractivity contribution in [1.82, 2.24) is 19.7 Å². The Kier molecular flexibility index (Phi) is 3.79. The van der Waals surface area contributed by atoms with Crippen LogP contribution in [0.1, 0.15) is 23.3 Å². The van der Waals surface area contributed by atoms with Crippen LogP contribution < -0.4 is 10.2 Å². The minimum absolute atomic E-state index is 0.0934. The molecule has 0 radical (unpaired) electrons. The number of fused-ring (bicyclic) bond motifs is 1. The molecule has 8 heteroatoms. The van der Waals surface area contributed by atoms with Crippen LogP contribution in [0.25, 0.3) is 10.9 Å². The van der Waals surface area contributed by atoms with Crippen LogP contribution in [-0.4, -0.2) is 38.7 Å². The Bertz CT molecular complexity index is 930. The van der Waals surface area contributed by atoms with Crippen LogP contribution in [0.3, 0.4) is 0 Å². The van der Waals surface area contributed by atoms with E-state index in [4.69, 9.17) is 0 Å². The molecule has 2 aromatic heterocycles. The molecule has 0 aliphatic carbocycles. The monoisotopic (exact) mass is 340 g/mol. The first kappa shape index (κ1) is 15.5. The van der Waals surface area contributed by atoms with Crippen LogP contribution in [-0.2, 0) is 7.05 Å². The van der Waals surface area contributed by atoms with Gasteiger partial charge in [-0.05, 0) is 18.9 Å². The Labute approximate surface area is 143 Å². The summed E-state index contributed by atoms with van der Waals surface area (Å²) in [6, 6.07) is 2.86. The standard InChI is InChI=1S/C17H17FN6O/c1-23-10-11-6-14(12(18)7-13(11)22-23)21-17(25)15-8-20-16(9-19-15)24-4-2-3-5-24/h6-10H,2-5H2,1H3,(H,21,25). The number of hydrogen-bond donors (Lipinski definition) is 1. The topological polar surface area (TPSA) is 75.9 Å². The maximum absolute atomic E-state index is 14.2. The molecule has 0 unspecified atom stereocenters. The number of aryl methyl sites for hydroxylation is 1. The van der Waals surface area contributed by atoms with Gasteiger partial charge in [0.1, 0.15) is 17.3 Å². The van der Waals surface area contributed by atoms with Crippen molar-refractivity contribution in [2.75, 3.05) is 23.3 Å². The second kappa shape index (κ2) is 6.12. The molecule has 1 amide bonds. The summed E-state index contributed by atoms with van der Waals surface area (Å²) in [5.74, 6) is -0.277. The molecular formula is C17H17FN6O. The average molecular weight is 340 g/mol. The van der Waals surface area contributed by atoms with E-state index in [2.05, 4.69) is 25.3 Å². The van der Waals surface area contributed by atoms with Gasteiger partial charge in [-0.15, -0.1) is 0 Å². The van der Waals surface area contributed by atoms with Crippen molar-refractivity contribution in [1.29, 1.82) is 0 Å². The largest absolute Gasteiger partial charge is 0.355 e. The number of rotatable bonds is 3. The van der Waals surface area contributed by atoms with Gasteiger partial charge in [-0.2, -0.15) is 5.10 Å². The Morgan fingerprint density at radius 3 is 2.72 bits per heavy atom. The molecule has 1 saturated heterocycles. The van der Waals surface area contributed by atoms with E-state index >= 15 is 0 Å². The molecule has 4 rings (SSSR count). The summed E-state index contributed by atoms with van der Waals surface area (Å²) in [5, 5.41) is 7.43. The van der Waals surface area contributed by atoms with Gasteiger partial charge in [0, 0.05) is 37.8 Å². The highest BCUT2D eigenvalue weighted by atomic mass is 19.1. The lowest BCUT2D eigenvalue weighted by Gasteiger charge is -2.15. The number of carbonyl (C=O) groups excluding carboxylic acids is 1. The van der Waals surface area contributed by atoms with Crippen LogP contribution in [0.5, 0.6) is 0 Å². The van der Waals surface area contributed by atoms with Crippen LogP contribution >= 0.6 is 0 Å². The van der Waals surface area contributed by atoms with Crippen molar-refractivity contribution in [2.45, 2.75) is 12.8 Å². The lowest BCUT2D eigenvalue weighted by atomic mass is 10.2. The Morgan fingerprint density at radius 1 is 1.20 bits per heavy atom. The van der Waals surface area contributed by atoms with E-state index in [-0.39, 0.29) is 11.4 Å². The van der Waals surface area contributed by atoms with E-state index < -0.39 is 11.7 Å². The number of halogens is 1. The van der Waals surface area contributed by atoms with E-state index in [1.165, 1.54) is 12.3 Å². The van der Waals surface area contributed by atoms with Crippen molar-refractivity contribution in [3.8, 4) is 0 Å². The number of aromatic nitrogens is 4. The fourth-order valence-electron chi connectivity index (χ4n) is 3.00. The van der Waals surface area contributed by atoms with E-state index in [0.717, 1.165) is 37.1 Å². The molecule has 0 bridgehead atoms. The van der Waals surface area contributed by atoms with Gasteiger partial charge in [0.15, 0.2) is 0 Å². The molecule has 0 atom stereocenters. The zero-order valence-corrected chi connectivity index (χ0v) is 13.7. The van der Waals surface area contributed by atoms with Gasteiger partial charge in [-0.3, -0.25) is 9.48 Å². The predicted octanol–water partition coefficient (Wildman–Crippen LogP) is 2.35. The summed E-state index contributed by atoms with van der Waals surface area (Å²) in [6.07, 6.45) is 7.04. The summed E-state index contributed by atoms with van der Waals surface area (Å²) < 4.78 is 15.8. The van der Waals surface area contributed by atoms with Crippen LogP contribution in [0.4, 0.5) is 15.9 Å². The van der Waals surface area contributed by atoms with E-state index in [9.17, 15) is 9.18 Å². The van der Waals surface area contributed by atoms with Gasteiger partial charge >= 0.3 is 0 Å². The molecule has 25 heavy (non-hydrogen) atoms. The highest BCUT2D eigenvalue weighted by Gasteiger charge is 2.16. The zero-order valence-electron chi connectivity index (χ0n) is 13.7. The smallest absolute Gasteiger partial charge is 0.275 e. The summed E-state index contributed by atoms with van der Waals surface area (Å²) in [7, 11) is 1.76. The molecule has 3 heterocycles. The summed E-state index contributed by atoms with van der Waals surface area (Å²) in [6.45, 7) is 1.91. The van der Waals surface area contributed by atoms with Crippen molar-refractivity contribution >= 4 is 28.3 Å². The average Bonchev–Trinajstić information content (AvgIpc) is 3.24. The first-order valence-electron chi connectivity index (χ1n) is 8.11. The fraction of sp³-hybridized carbons (Fsp3) is 0.294. The number of anilines is 2. The van der Waals surface area contributed by atoms with Crippen molar-refractivity contribution < 1.29 is 9.18 Å². The highest BCUT2D eigenvalue weighted by Crippen LogP contribution is 2.22. The summed E-state index contributed by atoms with van der Waals surface area (Å²) in [5.41, 5.74) is 0.775. The van der Waals surface area contributed by atoms with Crippen molar-refractivity contribution in [3.05, 3.63) is 42.2 Å². The first-order chi connectivity index (χ1) is 12.1. The molecule has 128 valence electrons. The number of hydrogen-bond acceptors (Lipinski definition) is 5. The Balaban J connectivity index is 1.54. The summed E-state index contributed by atoms with van der Waals surface area (Å²) >= 11 is 0. The lowest BCUT2D eigenvalue weighted by Crippen LogP contribution is -2.20. The van der Waals surface area contributed by atoms with E-state index in [1.54, 1.807) is 30.2 Å².